The first-order valence-corrected chi connectivity index (χ1v) is 6.87. The standard InChI is InChI=1S/C13H15BrClNO3/c1-7(2)11(13(18)19-3)16-12(17)8-4-9(14)6-10(15)5-8/h4-7,11H,1-3H3,(H,16,17)/t11-/m0/s1. The number of amides is 1. The second-order valence-electron chi connectivity index (χ2n) is 4.38. The van der Waals surface area contributed by atoms with Gasteiger partial charge in [0, 0.05) is 15.1 Å². The van der Waals surface area contributed by atoms with Crippen LogP contribution in [0.2, 0.25) is 5.02 Å². The number of ether oxygens (including phenoxy) is 1. The van der Waals surface area contributed by atoms with Crippen molar-refractivity contribution in [1.29, 1.82) is 0 Å². The molecule has 1 rings (SSSR count). The number of halogens is 2. The highest BCUT2D eigenvalue weighted by Gasteiger charge is 2.25. The summed E-state index contributed by atoms with van der Waals surface area (Å²) in [5.41, 5.74) is 0.383. The Balaban J connectivity index is 2.90. The molecule has 0 aliphatic rings. The Labute approximate surface area is 125 Å². The van der Waals surface area contributed by atoms with Crippen LogP contribution in [0.25, 0.3) is 0 Å². The van der Waals surface area contributed by atoms with Crippen molar-refractivity contribution in [3.05, 3.63) is 33.3 Å². The molecular weight excluding hydrogens is 334 g/mol. The molecule has 0 spiro atoms. The Kier molecular flexibility index (Phi) is 5.82. The van der Waals surface area contributed by atoms with E-state index in [2.05, 4.69) is 26.0 Å². The van der Waals surface area contributed by atoms with Gasteiger partial charge in [0.2, 0.25) is 0 Å². The molecule has 0 unspecified atom stereocenters. The average molecular weight is 349 g/mol. The van der Waals surface area contributed by atoms with Crippen molar-refractivity contribution in [2.45, 2.75) is 19.9 Å². The zero-order chi connectivity index (χ0) is 14.6. The van der Waals surface area contributed by atoms with Crippen molar-refractivity contribution in [2.24, 2.45) is 5.92 Å². The van der Waals surface area contributed by atoms with E-state index in [4.69, 9.17) is 11.6 Å². The predicted molar refractivity (Wildman–Crippen MR) is 77.3 cm³/mol. The molecule has 0 radical (unpaired) electrons. The predicted octanol–water partition coefficient (Wildman–Crippen LogP) is 3.03. The van der Waals surface area contributed by atoms with Crippen LogP contribution in [-0.4, -0.2) is 25.0 Å². The Bertz CT molecular complexity index is 471. The largest absolute Gasteiger partial charge is 0.467 e. The highest BCUT2D eigenvalue weighted by Crippen LogP contribution is 2.19. The zero-order valence-electron chi connectivity index (χ0n) is 10.9. The number of hydrogen-bond donors (Lipinski definition) is 1. The number of benzene rings is 1. The minimum atomic E-state index is -0.685. The molecule has 1 amide bonds. The maximum Gasteiger partial charge on any atom is 0.328 e. The van der Waals surface area contributed by atoms with E-state index < -0.39 is 12.0 Å². The summed E-state index contributed by atoms with van der Waals surface area (Å²) in [5.74, 6) is -0.907. The fourth-order valence-electron chi connectivity index (χ4n) is 1.53. The van der Waals surface area contributed by atoms with Crippen LogP contribution in [0.15, 0.2) is 22.7 Å². The topological polar surface area (TPSA) is 55.4 Å². The number of hydrogen-bond acceptors (Lipinski definition) is 3. The van der Waals surface area contributed by atoms with Crippen LogP contribution < -0.4 is 5.32 Å². The Hall–Kier alpha value is -1.07. The second kappa shape index (κ2) is 6.91. The Morgan fingerprint density at radius 3 is 2.42 bits per heavy atom. The monoisotopic (exact) mass is 347 g/mol. The van der Waals surface area contributed by atoms with E-state index >= 15 is 0 Å². The summed E-state index contributed by atoms with van der Waals surface area (Å²) in [6.07, 6.45) is 0. The highest BCUT2D eigenvalue weighted by molar-refractivity contribution is 9.10. The molecule has 0 aliphatic carbocycles. The molecule has 0 heterocycles. The smallest absolute Gasteiger partial charge is 0.328 e. The Morgan fingerprint density at radius 1 is 1.32 bits per heavy atom. The number of carbonyl (C=O) groups is 2. The fraction of sp³-hybridized carbons (Fsp3) is 0.385. The van der Waals surface area contributed by atoms with Gasteiger partial charge in [0.05, 0.1) is 7.11 Å². The molecule has 0 aliphatic heterocycles. The van der Waals surface area contributed by atoms with Crippen molar-refractivity contribution in [3.8, 4) is 0 Å². The summed E-state index contributed by atoms with van der Waals surface area (Å²) in [6.45, 7) is 3.66. The van der Waals surface area contributed by atoms with E-state index in [0.717, 1.165) is 0 Å². The van der Waals surface area contributed by atoms with Crippen LogP contribution in [-0.2, 0) is 9.53 Å². The van der Waals surface area contributed by atoms with Gasteiger partial charge in [-0.1, -0.05) is 41.4 Å². The van der Waals surface area contributed by atoms with Gasteiger partial charge in [-0.15, -0.1) is 0 Å². The molecule has 0 fully saturated rings. The molecule has 0 saturated carbocycles. The fourth-order valence-corrected chi connectivity index (χ4v) is 2.39. The van der Waals surface area contributed by atoms with Crippen molar-refractivity contribution in [1.82, 2.24) is 5.32 Å². The minimum Gasteiger partial charge on any atom is -0.467 e. The van der Waals surface area contributed by atoms with Crippen LogP contribution in [0.1, 0.15) is 24.2 Å². The third kappa shape index (κ3) is 4.51. The van der Waals surface area contributed by atoms with Crippen LogP contribution >= 0.6 is 27.5 Å². The maximum absolute atomic E-state index is 12.1. The van der Waals surface area contributed by atoms with Crippen LogP contribution in [0.3, 0.4) is 0 Å². The molecule has 4 nitrogen and oxygen atoms in total. The van der Waals surface area contributed by atoms with Crippen molar-refractivity contribution >= 4 is 39.4 Å². The molecule has 1 atom stereocenters. The SMILES string of the molecule is COC(=O)[C@@H](NC(=O)c1cc(Cl)cc(Br)c1)C(C)C. The van der Waals surface area contributed by atoms with E-state index in [9.17, 15) is 9.59 Å². The number of rotatable bonds is 4. The molecule has 0 bridgehead atoms. The summed E-state index contributed by atoms with van der Waals surface area (Å²) in [6, 6.07) is 4.17. The van der Waals surface area contributed by atoms with E-state index in [1.165, 1.54) is 13.2 Å². The van der Waals surface area contributed by atoms with Gasteiger partial charge in [0.1, 0.15) is 6.04 Å². The van der Waals surface area contributed by atoms with Crippen molar-refractivity contribution in [3.63, 3.8) is 0 Å². The molecular formula is C13H15BrClNO3. The lowest BCUT2D eigenvalue weighted by molar-refractivity contribution is -0.144. The normalized spacial score (nSPS) is 12.1. The second-order valence-corrected chi connectivity index (χ2v) is 5.73. The van der Waals surface area contributed by atoms with Crippen molar-refractivity contribution in [2.75, 3.05) is 7.11 Å². The van der Waals surface area contributed by atoms with E-state index in [1.807, 2.05) is 13.8 Å². The van der Waals surface area contributed by atoms with E-state index in [1.54, 1.807) is 12.1 Å². The van der Waals surface area contributed by atoms with Gasteiger partial charge in [-0.05, 0) is 24.1 Å². The first-order chi connectivity index (χ1) is 8.85. The van der Waals surface area contributed by atoms with Gasteiger partial charge < -0.3 is 10.1 Å². The first kappa shape index (κ1) is 16.0. The van der Waals surface area contributed by atoms with E-state index in [-0.39, 0.29) is 11.8 Å². The van der Waals surface area contributed by atoms with Gasteiger partial charge in [0.15, 0.2) is 0 Å². The molecule has 1 N–H and O–H groups in total. The highest BCUT2D eigenvalue weighted by atomic mass is 79.9. The summed E-state index contributed by atoms with van der Waals surface area (Å²) in [5, 5.41) is 3.09. The molecule has 0 saturated heterocycles. The quantitative estimate of drug-likeness (QED) is 0.851. The van der Waals surface area contributed by atoms with Gasteiger partial charge in [-0.25, -0.2) is 4.79 Å². The minimum absolute atomic E-state index is 0.0703. The van der Waals surface area contributed by atoms with Gasteiger partial charge in [0.25, 0.3) is 5.91 Å². The third-order valence-corrected chi connectivity index (χ3v) is 3.21. The number of carbonyl (C=O) groups excluding carboxylic acids is 2. The lowest BCUT2D eigenvalue weighted by Gasteiger charge is -2.19. The van der Waals surface area contributed by atoms with Crippen LogP contribution in [0, 0.1) is 5.92 Å². The third-order valence-electron chi connectivity index (χ3n) is 2.53. The number of nitrogens with one attached hydrogen (secondary N) is 1. The van der Waals surface area contributed by atoms with Gasteiger partial charge >= 0.3 is 5.97 Å². The Morgan fingerprint density at radius 2 is 1.95 bits per heavy atom. The maximum atomic E-state index is 12.1. The molecule has 19 heavy (non-hydrogen) atoms. The molecule has 1 aromatic carbocycles. The summed E-state index contributed by atoms with van der Waals surface area (Å²) in [7, 11) is 1.29. The van der Waals surface area contributed by atoms with Crippen molar-refractivity contribution < 1.29 is 14.3 Å². The first-order valence-electron chi connectivity index (χ1n) is 5.70. The molecule has 1 aromatic rings. The van der Waals surface area contributed by atoms with Gasteiger partial charge in [-0.2, -0.15) is 0 Å². The zero-order valence-corrected chi connectivity index (χ0v) is 13.2. The lowest BCUT2D eigenvalue weighted by atomic mass is 10.0. The molecule has 6 heteroatoms. The number of esters is 1. The summed E-state index contributed by atoms with van der Waals surface area (Å²) >= 11 is 9.14. The summed E-state index contributed by atoms with van der Waals surface area (Å²) < 4.78 is 5.37. The number of methoxy groups -OCH3 is 1. The summed E-state index contributed by atoms with van der Waals surface area (Å²) in [4.78, 5) is 23.7. The van der Waals surface area contributed by atoms with Gasteiger partial charge in [-0.3, -0.25) is 4.79 Å². The molecule has 104 valence electrons. The van der Waals surface area contributed by atoms with E-state index in [0.29, 0.717) is 15.1 Å². The van der Waals surface area contributed by atoms with Crippen LogP contribution in [0.5, 0.6) is 0 Å². The average Bonchev–Trinajstić information content (AvgIpc) is 2.33. The lowest BCUT2D eigenvalue weighted by Crippen LogP contribution is -2.45. The van der Waals surface area contributed by atoms with Crippen LogP contribution in [0.4, 0.5) is 0 Å². The molecule has 0 aromatic heterocycles.